The van der Waals surface area contributed by atoms with Crippen molar-refractivity contribution in [2.45, 2.75) is 24.0 Å². The smallest absolute Gasteiger partial charge is 0.382 e. The summed E-state index contributed by atoms with van der Waals surface area (Å²) in [5.41, 5.74) is 0. The molecule has 78 valence electrons. The molecule has 3 nitrogen and oxygen atoms in total. The molecule has 2 unspecified atom stereocenters. The fourth-order valence-electron chi connectivity index (χ4n) is 0.454. The van der Waals surface area contributed by atoms with Gasteiger partial charge in [0.2, 0.25) is 5.91 Å². The number of carbonyl (C=O) groups excluding carboxylic acids is 1. The van der Waals surface area contributed by atoms with Crippen LogP contribution in [0, 0.1) is 0 Å². The number of hydrogen-bond donors (Lipinski definition) is 2. The molecule has 0 saturated heterocycles. The minimum absolute atomic E-state index is 0.576. The van der Waals surface area contributed by atoms with Crippen molar-refractivity contribution in [2.24, 2.45) is 0 Å². The first-order chi connectivity index (χ1) is 5.75. The van der Waals surface area contributed by atoms with Crippen LogP contribution in [0.5, 0.6) is 0 Å². The van der Waals surface area contributed by atoms with Crippen molar-refractivity contribution in [3.05, 3.63) is 0 Å². The summed E-state index contributed by atoms with van der Waals surface area (Å²) in [6.07, 6.45) is -7.20. The van der Waals surface area contributed by atoms with E-state index >= 15 is 0 Å². The zero-order chi connectivity index (χ0) is 10.6. The summed E-state index contributed by atoms with van der Waals surface area (Å²) in [6, 6.07) is 0. The van der Waals surface area contributed by atoms with Gasteiger partial charge in [-0.15, -0.1) is 0 Å². The molecule has 0 heterocycles. The van der Waals surface area contributed by atoms with E-state index in [4.69, 9.17) is 5.11 Å². The molecule has 0 aromatic heterocycles. The number of halogens is 4. The third kappa shape index (κ3) is 5.09. The second-order valence-corrected chi connectivity index (χ2v) is 3.79. The molecule has 0 radical (unpaired) electrons. The summed E-state index contributed by atoms with van der Waals surface area (Å²) in [5.74, 6) is -0.594. The largest absolute Gasteiger partial charge is 0.416 e. The summed E-state index contributed by atoms with van der Waals surface area (Å²) >= 11 is 2.87. The van der Waals surface area contributed by atoms with Crippen molar-refractivity contribution < 1.29 is 23.1 Å². The molecule has 0 aliphatic heterocycles. The Kier molecular flexibility index (Phi) is 4.69. The second kappa shape index (κ2) is 4.80. The Morgan fingerprint density at radius 3 is 2.38 bits per heavy atom. The number of nitrogens with one attached hydrogen (secondary N) is 1. The van der Waals surface area contributed by atoms with Gasteiger partial charge in [-0.1, -0.05) is 15.9 Å². The minimum atomic E-state index is -4.69. The molecular weight excluding hydrogens is 255 g/mol. The molecule has 7 heteroatoms. The lowest BCUT2D eigenvalue weighted by molar-refractivity contribution is -0.201. The first-order valence-electron chi connectivity index (χ1n) is 3.41. The molecule has 0 rings (SSSR count). The number of aliphatic hydroxyl groups is 1. The molecule has 0 aromatic rings. The minimum Gasteiger partial charge on any atom is -0.382 e. The average molecular weight is 264 g/mol. The summed E-state index contributed by atoms with van der Waals surface area (Å²) in [4.78, 5) is 10.2. The van der Waals surface area contributed by atoms with E-state index in [9.17, 15) is 18.0 Å². The fourth-order valence-corrected chi connectivity index (χ4v) is 0.616. The summed E-state index contributed by atoms with van der Waals surface area (Å²) in [7, 11) is 0. The van der Waals surface area contributed by atoms with Crippen LogP contribution in [0.4, 0.5) is 13.2 Å². The van der Waals surface area contributed by atoms with Gasteiger partial charge in [0.1, 0.15) is 0 Å². The number of carbonyl (C=O) groups is 1. The van der Waals surface area contributed by atoms with Gasteiger partial charge in [-0.3, -0.25) is 4.79 Å². The Labute approximate surface area is 81.4 Å². The van der Waals surface area contributed by atoms with Crippen LogP contribution in [-0.2, 0) is 4.79 Å². The monoisotopic (exact) mass is 263 g/mol. The number of aliphatic hydroxyl groups excluding tert-OH is 1. The standard InChI is InChI=1S/C6H9BrF3NO2/c1-3(7)5(13)11-2-4(12)6(8,9)10/h3-4,12H,2H2,1H3,(H,11,13). The number of rotatable bonds is 3. The molecule has 0 saturated carbocycles. The van der Waals surface area contributed by atoms with E-state index in [1.807, 2.05) is 5.32 Å². The third-order valence-electron chi connectivity index (χ3n) is 1.21. The predicted octanol–water partition coefficient (Wildman–Crippen LogP) is 0.809. The molecule has 0 aliphatic rings. The van der Waals surface area contributed by atoms with Gasteiger partial charge in [-0.05, 0) is 6.92 Å². The topological polar surface area (TPSA) is 49.3 Å². The van der Waals surface area contributed by atoms with Crippen LogP contribution in [0.1, 0.15) is 6.92 Å². The predicted molar refractivity (Wildman–Crippen MR) is 43.5 cm³/mol. The van der Waals surface area contributed by atoms with Crippen molar-refractivity contribution in [1.29, 1.82) is 0 Å². The highest BCUT2D eigenvalue weighted by Gasteiger charge is 2.38. The maximum Gasteiger partial charge on any atom is 0.416 e. The molecule has 13 heavy (non-hydrogen) atoms. The van der Waals surface area contributed by atoms with Crippen LogP contribution >= 0.6 is 15.9 Å². The summed E-state index contributed by atoms with van der Waals surface area (Å²) < 4.78 is 35.1. The van der Waals surface area contributed by atoms with Gasteiger partial charge in [0.15, 0.2) is 6.10 Å². The van der Waals surface area contributed by atoms with Gasteiger partial charge in [0.25, 0.3) is 0 Å². The summed E-state index contributed by atoms with van der Waals surface area (Å²) in [5, 5.41) is 10.4. The molecule has 0 spiro atoms. The van der Waals surface area contributed by atoms with E-state index in [0.29, 0.717) is 0 Å². The maximum atomic E-state index is 11.7. The van der Waals surface area contributed by atoms with Gasteiger partial charge in [0, 0.05) is 0 Å². The van der Waals surface area contributed by atoms with Gasteiger partial charge in [-0.25, -0.2) is 0 Å². The van der Waals surface area contributed by atoms with Crippen LogP contribution in [0.15, 0.2) is 0 Å². The number of alkyl halides is 4. The Morgan fingerprint density at radius 2 is 2.08 bits per heavy atom. The zero-order valence-corrected chi connectivity index (χ0v) is 8.32. The molecule has 0 fully saturated rings. The van der Waals surface area contributed by atoms with Gasteiger partial charge >= 0.3 is 6.18 Å². The van der Waals surface area contributed by atoms with Crippen molar-refractivity contribution in [3.8, 4) is 0 Å². The molecule has 2 atom stereocenters. The van der Waals surface area contributed by atoms with Crippen LogP contribution in [0.25, 0.3) is 0 Å². The van der Waals surface area contributed by atoms with E-state index < -0.39 is 29.6 Å². The van der Waals surface area contributed by atoms with Crippen molar-refractivity contribution >= 4 is 21.8 Å². The normalized spacial score (nSPS) is 16.5. The lowest BCUT2D eigenvalue weighted by Gasteiger charge is -2.15. The first kappa shape index (κ1) is 12.7. The Bertz CT molecular complexity index is 183. The van der Waals surface area contributed by atoms with Gasteiger partial charge < -0.3 is 10.4 Å². The molecule has 1 amide bonds. The highest BCUT2D eigenvalue weighted by Crippen LogP contribution is 2.19. The molecule has 0 aliphatic carbocycles. The van der Waals surface area contributed by atoms with E-state index in [-0.39, 0.29) is 0 Å². The van der Waals surface area contributed by atoms with E-state index in [1.54, 1.807) is 0 Å². The lowest BCUT2D eigenvalue weighted by atomic mass is 10.3. The SMILES string of the molecule is CC(Br)C(=O)NCC(O)C(F)(F)F. The lowest BCUT2D eigenvalue weighted by Crippen LogP contribution is -2.42. The van der Waals surface area contributed by atoms with Crippen molar-refractivity contribution in [3.63, 3.8) is 0 Å². The maximum absolute atomic E-state index is 11.7. The highest BCUT2D eigenvalue weighted by molar-refractivity contribution is 9.10. The first-order valence-corrected chi connectivity index (χ1v) is 4.33. The number of amides is 1. The van der Waals surface area contributed by atoms with Crippen LogP contribution in [0.3, 0.4) is 0 Å². The van der Waals surface area contributed by atoms with E-state index in [0.717, 1.165) is 0 Å². The number of hydrogen-bond acceptors (Lipinski definition) is 2. The van der Waals surface area contributed by atoms with Crippen LogP contribution in [-0.4, -0.2) is 34.7 Å². The summed E-state index contributed by atoms with van der Waals surface area (Å²) in [6.45, 7) is 0.646. The molecule has 2 N–H and O–H groups in total. The molecule has 0 bridgehead atoms. The zero-order valence-electron chi connectivity index (χ0n) is 6.73. The van der Waals surface area contributed by atoms with Crippen LogP contribution in [0.2, 0.25) is 0 Å². The Hall–Kier alpha value is -0.300. The quantitative estimate of drug-likeness (QED) is 0.741. The van der Waals surface area contributed by atoms with E-state index in [1.165, 1.54) is 6.92 Å². The highest BCUT2D eigenvalue weighted by atomic mass is 79.9. The second-order valence-electron chi connectivity index (χ2n) is 2.42. The Balaban J connectivity index is 3.84. The van der Waals surface area contributed by atoms with Gasteiger partial charge in [0.05, 0.1) is 11.4 Å². The molecular formula is C6H9BrF3NO2. The third-order valence-corrected chi connectivity index (χ3v) is 1.62. The van der Waals surface area contributed by atoms with E-state index in [2.05, 4.69) is 15.9 Å². The van der Waals surface area contributed by atoms with Crippen LogP contribution < -0.4 is 5.32 Å². The van der Waals surface area contributed by atoms with Gasteiger partial charge in [-0.2, -0.15) is 13.2 Å². The average Bonchev–Trinajstić information content (AvgIpc) is 1.97. The fraction of sp³-hybridized carbons (Fsp3) is 0.833. The molecule has 0 aromatic carbocycles. The van der Waals surface area contributed by atoms with Crippen molar-refractivity contribution in [2.75, 3.05) is 6.54 Å². The van der Waals surface area contributed by atoms with Crippen molar-refractivity contribution in [1.82, 2.24) is 5.32 Å². The Morgan fingerprint density at radius 1 is 1.62 bits per heavy atom.